The molecule has 6 amide bonds. The Morgan fingerprint density at radius 3 is 1.33 bits per heavy atom. The third-order valence-corrected chi connectivity index (χ3v) is 9.21. The van der Waals surface area contributed by atoms with Gasteiger partial charge in [-0.3, -0.25) is 24.3 Å². The number of nitrogens with zero attached hydrogens (tertiary/aromatic N) is 4. The van der Waals surface area contributed by atoms with Gasteiger partial charge in [0.15, 0.2) is 5.54 Å². The lowest BCUT2D eigenvalue weighted by molar-refractivity contribution is -0.135. The van der Waals surface area contributed by atoms with Crippen molar-refractivity contribution < 1.29 is 19.2 Å². The summed E-state index contributed by atoms with van der Waals surface area (Å²) >= 11 is 0. The Balaban J connectivity index is 1.32. The zero-order chi connectivity index (χ0) is 31.9. The van der Waals surface area contributed by atoms with Crippen LogP contribution in [0.2, 0.25) is 0 Å². The van der Waals surface area contributed by atoms with Gasteiger partial charge in [-0.25, -0.2) is 9.59 Å². The molecule has 9 nitrogen and oxygen atoms in total. The topological polar surface area (TPSA) is 107 Å². The molecule has 0 radical (unpaired) electrons. The number of carbonyl (C=O) groups is 4. The van der Waals surface area contributed by atoms with Crippen LogP contribution in [0.15, 0.2) is 133 Å². The number of benzene rings is 4. The SMILES string of the molecule is NC1=CC2(CC13C(=O)N(Cc1ccccc1)C(=O)N3Cc1ccccc1)C(=O)N(Cc1ccccc1)C(=O)N2Cc1ccccc1. The highest BCUT2D eigenvalue weighted by Gasteiger charge is 2.70. The van der Waals surface area contributed by atoms with Crippen molar-refractivity contribution in [1.29, 1.82) is 0 Å². The van der Waals surface area contributed by atoms with E-state index in [0.29, 0.717) is 0 Å². The van der Waals surface area contributed by atoms with Gasteiger partial charge in [0, 0.05) is 25.2 Å². The fourth-order valence-electron chi connectivity index (χ4n) is 6.92. The van der Waals surface area contributed by atoms with Crippen LogP contribution in [0.5, 0.6) is 0 Å². The second-order valence-corrected chi connectivity index (χ2v) is 12.0. The fourth-order valence-corrected chi connectivity index (χ4v) is 6.92. The first-order chi connectivity index (χ1) is 22.3. The standard InChI is InChI=1S/C37H33N5O4/c38-31-21-36(32(43)39(22-27-13-5-1-6-14-27)34(45)41(36)24-29-17-9-3-10-18-29)26-37(31)33(44)40(23-28-15-7-2-8-16-28)35(46)42(37)25-30-19-11-4-12-20-30/h1-21H,22-26,38H2. The molecule has 46 heavy (non-hydrogen) atoms. The van der Waals surface area contributed by atoms with Crippen molar-refractivity contribution in [1.82, 2.24) is 19.6 Å². The van der Waals surface area contributed by atoms with E-state index in [1.54, 1.807) is 6.08 Å². The van der Waals surface area contributed by atoms with Crippen molar-refractivity contribution in [3.63, 3.8) is 0 Å². The first-order valence-electron chi connectivity index (χ1n) is 15.3. The summed E-state index contributed by atoms with van der Waals surface area (Å²) in [7, 11) is 0. The van der Waals surface area contributed by atoms with Gasteiger partial charge in [0.2, 0.25) is 0 Å². The Labute approximate surface area is 267 Å². The van der Waals surface area contributed by atoms with Crippen LogP contribution < -0.4 is 5.73 Å². The highest BCUT2D eigenvalue weighted by molar-refractivity contribution is 6.14. The smallest absolute Gasteiger partial charge is 0.328 e. The molecule has 2 heterocycles. The largest absolute Gasteiger partial charge is 0.400 e. The Morgan fingerprint density at radius 2 is 0.870 bits per heavy atom. The van der Waals surface area contributed by atoms with Crippen molar-refractivity contribution in [3.05, 3.63) is 155 Å². The summed E-state index contributed by atoms with van der Waals surface area (Å²) in [6.07, 6.45) is 1.37. The zero-order valence-electron chi connectivity index (χ0n) is 25.2. The summed E-state index contributed by atoms with van der Waals surface area (Å²) in [4.78, 5) is 63.1. The minimum atomic E-state index is -1.67. The Kier molecular flexibility index (Phi) is 7.16. The van der Waals surface area contributed by atoms with E-state index in [1.807, 2.05) is 121 Å². The predicted octanol–water partition coefficient (Wildman–Crippen LogP) is 5.04. The number of rotatable bonds is 8. The second kappa shape index (κ2) is 11.3. The molecule has 2 aliphatic heterocycles. The lowest BCUT2D eigenvalue weighted by Gasteiger charge is -2.37. The number of hydrogen-bond donors (Lipinski definition) is 1. The summed E-state index contributed by atoms with van der Waals surface area (Å²) in [6.45, 7) is 0.320. The molecule has 2 spiro atoms. The van der Waals surface area contributed by atoms with Gasteiger partial charge in [0.25, 0.3) is 11.8 Å². The minimum absolute atomic E-state index is 0.0482. The molecular weight excluding hydrogens is 578 g/mol. The molecule has 2 saturated heterocycles. The van der Waals surface area contributed by atoms with E-state index in [4.69, 9.17) is 5.73 Å². The summed E-state index contributed by atoms with van der Waals surface area (Å²) in [5, 5.41) is 0. The zero-order valence-corrected chi connectivity index (χ0v) is 25.2. The summed E-state index contributed by atoms with van der Waals surface area (Å²) in [5.74, 6) is -0.983. The maximum absolute atomic E-state index is 14.6. The first kappa shape index (κ1) is 29.0. The fraction of sp³-hybridized carbons (Fsp3) is 0.189. The van der Waals surface area contributed by atoms with Crippen molar-refractivity contribution in [2.24, 2.45) is 5.73 Å². The summed E-state index contributed by atoms with van der Waals surface area (Å²) in [6, 6.07) is 36.3. The average molecular weight is 612 g/mol. The van der Waals surface area contributed by atoms with Crippen molar-refractivity contribution in [2.45, 2.75) is 43.7 Å². The van der Waals surface area contributed by atoms with Crippen molar-refractivity contribution >= 4 is 23.9 Å². The van der Waals surface area contributed by atoms with Gasteiger partial charge in [0.05, 0.1) is 13.1 Å². The molecule has 0 saturated carbocycles. The molecule has 2 unspecified atom stereocenters. The van der Waals surface area contributed by atoms with E-state index in [2.05, 4.69) is 0 Å². The lowest BCUT2D eigenvalue weighted by atomic mass is 9.86. The molecule has 2 fully saturated rings. The van der Waals surface area contributed by atoms with Crippen LogP contribution in [0.4, 0.5) is 9.59 Å². The molecule has 2 N–H and O–H groups in total. The molecule has 7 rings (SSSR count). The summed E-state index contributed by atoms with van der Waals surface area (Å²) < 4.78 is 0. The van der Waals surface area contributed by atoms with Crippen LogP contribution in [0, 0.1) is 0 Å². The Bertz CT molecular complexity index is 1830. The van der Waals surface area contributed by atoms with E-state index < -0.39 is 35.0 Å². The van der Waals surface area contributed by atoms with Crippen LogP contribution in [0.1, 0.15) is 28.7 Å². The van der Waals surface area contributed by atoms with Crippen LogP contribution in [-0.2, 0) is 35.8 Å². The molecule has 3 aliphatic rings. The van der Waals surface area contributed by atoms with E-state index in [-0.39, 0.29) is 38.3 Å². The van der Waals surface area contributed by atoms with Gasteiger partial charge >= 0.3 is 12.1 Å². The van der Waals surface area contributed by atoms with Crippen molar-refractivity contribution in [2.75, 3.05) is 0 Å². The van der Waals surface area contributed by atoms with Gasteiger partial charge in [0.1, 0.15) is 5.54 Å². The molecule has 0 bridgehead atoms. The van der Waals surface area contributed by atoms with Crippen molar-refractivity contribution in [3.8, 4) is 0 Å². The molecule has 4 aromatic carbocycles. The van der Waals surface area contributed by atoms with Crippen LogP contribution in [0.3, 0.4) is 0 Å². The Morgan fingerprint density at radius 1 is 0.500 bits per heavy atom. The van der Waals surface area contributed by atoms with Gasteiger partial charge < -0.3 is 10.6 Å². The number of carbonyl (C=O) groups excluding carboxylic acids is 4. The molecule has 1 aliphatic carbocycles. The van der Waals surface area contributed by atoms with E-state index in [9.17, 15) is 19.2 Å². The monoisotopic (exact) mass is 611 g/mol. The third-order valence-electron chi connectivity index (χ3n) is 9.21. The number of imide groups is 2. The molecule has 2 atom stereocenters. The maximum Gasteiger partial charge on any atom is 0.328 e. The van der Waals surface area contributed by atoms with Gasteiger partial charge in [-0.15, -0.1) is 0 Å². The van der Waals surface area contributed by atoms with E-state index in [0.717, 1.165) is 22.3 Å². The first-order valence-corrected chi connectivity index (χ1v) is 15.3. The number of urea groups is 2. The van der Waals surface area contributed by atoms with E-state index in [1.165, 1.54) is 19.6 Å². The number of nitrogens with two attached hydrogens (primary N) is 1. The molecule has 230 valence electrons. The quantitative estimate of drug-likeness (QED) is 0.281. The molecule has 9 heteroatoms. The molecule has 4 aromatic rings. The summed E-state index contributed by atoms with van der Waals surface area (Å²) in [5.41, 5.74) is 6.87. The van der Waals surface area contributed by atoms with Gasteiger partial charge in [-0.1, -0.05) is 121 Å². The normalized spacial score (nSPS) is 22.6. The highest BCUT2D eigenvalue weighted by Crippen LogP contribution is 2.51. The van der Waals surface area contributed by atoms with Crippen LogP contribution in [-0.4, -0.2) is 54.6 Å². The molecular formula is C37H33N5O4. The average Bonchev–Trinajstić information content (AvgIpc) is 3.57. The minimum Gasteiger partial charge on any atom is -0.400 e. The highest BCUT2D eigenvalue weighted by atomic mass is 16.2. The maximum atomic E-state index is 14.6. The van der Waals surface area contributed by atoms with Crippen LogP contribution in [0.25, 0.3) is 0 Å². The van der Waals surface area contributed by atoms with Crippen LogP contribution >= 0.6 is 0 Å². The predicted molar refractivity (Wildman–Crippen MR) is 171 cm³/mol. The molecule has 0 aromatic heterocycles. The lowest BCUT2D eigenvalue weighted by Crippen LogP contribution is -2.56. The second-order valence-electron chi connectivity index (χ2n) is 12.0. The Hall–Kier alpha value is -5.70. The van der Waals surface area contributed by atoms with Gasteiger partial charge in [-0.05, 0) is 28.3 Å². The van der Waals surface area contributed by atoms with Gasteiger partial charge in [-0.2, -0.15) is 0 Å². The number of amides is 6. The third kappa shape index (κ3) is 4.63. The van der Waals surface area contributed by atoms with E-state index >= 15 is 0 Å². The number of hydrogen-bond acceptors (Lipinski definition) is 5.